The molecule has 1 aliphatic heterocycles. The van der Waals surface area contributed by atoms with Gasteiger partial charge < -0.3 is 0 Å². The third-order valence-electron chi connectivity index (χ3n) is 1.75. The van der Waals surface area contributed by atoms with Gasteiger partial charge in [-0.15, -0.1) is 6.58 Å². The van der Waals surface area contributed by atoms with Crippen molar-refractivity contribution in [2.24, 2.45) is 0 Å². The van der Waals surface area contributed by atoms with Crippen LogP contribution in [0.25, 0.3) is 0 Å². The number of imide groups is 1. The Morgan fingerprint density at radius 2 is 2.25 bits per heavy atom. The second-order valence-electron chi connectivity index (χ2n) is 2.70. The fourth-order valence-electron chi connectivity index (χ4n) is 1.07. The summed E-state index contributed by atoms with van der Waals surface area (Å²) in [7, 11) is 0. The molecule has 0 atom stereocenters. The molecule has 3 heteroatoms. The predicted molar refractivity (Wildman–Crippen MR) is 45.3 cm³/mol. The molecule has 3 nitrogen and oxygen atoms in total. The number of carbonyl (C=O) groups excluding carboxylic acids is 2. The Morgan fingerprint density at radius 3 is 2.67 bits per heavy atom. The van der Waals surface area contributed by atoms with Crippen molar-refractivity contribution in [3.8, 4) is 0 Å². The van der Waals surface area contributed by atoms with Gasteiger partial charge in [0.25, 0.3) is 11.8 Å². The van der Waals surface area contributed by atoms with Crippen molar-refractivity contribution in [1.82, 2.24) is 4.90 Å². The van der Waals surface area contributed by atoms with Gasteiger partial charge in [0.05, 0.1) is 0 Å². The first-order chi connectivity index (χ1) is 5.66. The van der Waals surface area contributed by atoms with E-state index in [9.17, 15) is 9.59 Å². The third-order valence-corrected chi connectivity index (χ3v) is 1.75. The molecular weight excluding hydrogens is 154 g/mol. The lowest BCUT2D eigenvalue weighted by atomic mass is 10.3. The van der Waals surface area contributed by atoms with Crippen LogP contribution in [0, 0.1) is 0 Å². The zero-order chi connectivity index (χ0) is 9.14. The van der Waals surface area contributed by atoms with Gasteiger partial charge >= 0.3 is 0 Å². The monoisotopic (exact) mass is 165 g/mol. The first kappa shape index (κ1) is 8.71. The largest absolute Gasteiger partial charge is 0.275 e. The molecule has 0 spiro atoms. The highest BCUT2D eigenvalue weighted by Crippen LogP contribution is 2.11. The summed E-state index contributed by atoms with van der Waals surface area (Å²) >= 11 is 0. The summed E-state index contributed by atoms with van der Waals surface area (Å²) in [5.74, 6) is -0.388. The molecule has 0 N–H and O–H groups in total. The van der Waals surface area contributed by atoms with Gasteiger partial charge in [-0.1, -0.05) is 6.08 Å². The Hall–Kier alpha value is -1.38. The molecule has 0 aromatic carbocycles. The Bertz CT molecular complexity index is 266. The SMILES string of the molecule is C=CCCN1C(=O)C=C(C)C1=O. The minimum absolute atomic E-state index is 0.179. The van der Waals surface area contributed by atoms with E-state index in [-0.39, 0.29) is 11.8 Å². The molecule has 1 aliphatic rings. The number of hydrogen-bond acceptors (Lipinski definition) is 2. The van der Waals surface area contributed by atoms with Gasteiger partial charge in [-0.25, -0.2) is 0 Å². The van der Waals surface area contributed by atoms with E-state index in [1.165, 1.54) is 11.0 Å². The number of amides is 2. The quantitative estimate of drug-likeness (QED) is 0.460. The van der Waals surface area contributed by atoms with Gasteiger partial charge in [-0.3, -0.25) is 14.5 Å². The second kappa shape index (κ2) is 3.34. The Kier molecular flexibility index (Phi) is 2.43. The molecule has 1 rings (SSSR count). The molecule has 2 amide bonds. The fraction of sp³-hybridized carbons (Fsp3) is 0.333. The van der Waals surface area contributed by atoms with Gasteiger partial charge in [0.2, 0.25) is 0 Å². The van der Waals surface area contributed by atoms with Crippen LogP contribution >= 0.6 is 0 Å². The average molecular weight is 165 g/mol. The normalized spacial score (nSPS) is 16.8. The summed E-state index contributed by atoms with van der Waals surface area (Å²) in [6, 6.07) is 0. The summed E-state index contributed by atoms with van der Waals surface area (Å²) in [4.78, 5) is 23.6. The van der Waals surface area contributed by atoms with Crippen LogP contribution in [0.1, 0.15) is 13.3 Å². The molecule has 0 unspecified atom stereocenters. The van der Waals surface area contributed by atoms with Crippen LogP contribution in [0.2, 0.25) is 0 Å². The van der Waals surface area contributed by atoms with E-state index in [4.69, 9.17) is 0 Å². The van der Waals surface area contributed by atoms with Crippen LogP contribution in [-0.4, -0.2) is 23.3 Å². The number of hydrogen-bond donors (Lipinski definition) is 0. The Labute approximate surface area is 71.4 Å². The highest BCUT2D eigenvalue weighted by molar-refractivity contribution is 6.15. The van der Waals surface area contributed by atoms with Crippen LogP contribution in [0.3, 0.4) is 0 Å². The van der Waals surface area contributed by atoms with Crippen molar-refractivity contribution in [2.75, 3.05) is 6.54 Å². The van der Waals surface area contributed by atoms with Crippen LogP contribution in [0.4, 0.5) is 0 Å². The van der Waals surface area contributed by atoms with Gasteiger partial charge in [0, 0.05) is 18.2 Å². The van der Waals surface area contributed by atoms with Crippen molar-refractivity contribution < 1.29 is 9.59 Å². The molecule has 0 aromatic rings. The minimum Gasteiger partial charge on any atom is -0.275 e. The molecular formula is C9H11NO2. The summed E-state index contributed by atoms with van der Waals surface area (Å²) < 4.78 is 0. The summed E-state index contributed by atoms with van der Waals surface area (Å²) in [6.07, 6.45) is 3.71. The van der Waals surface area contributed by atoms with Crippen molar-refractivity contribution in [3.05, 3.63) is 24.3 Å². The lowest BCUT2D eigenvalue weighted by molar-refractivity contribution is -0.137. The molecule has 64 valence electrons. The summed E-state index contributed by atoms with van der Waals surface area (Å²) in [6.45, 7) is 5.61. The van der Waals surface area contributed by atoms with Crippen LogP contribution in [0.15, 0.2) is 24.3 Å². The molecule has 0 fully saturated rings. The van der Waals surface area contributed by atoms with E-state index >= 15 is 0 Å². The Balaban J connectivity index is 2.63. The van der Waals surface area contributed by atoms with E-state index in [2.05, 4.69) is 6.58 Å². The smallest absolute Gasteiger partial charge is 0.256 e. The first-order valence-corrected chi connectivity index (χ1v) is 3.82. The van der Waals surface area contributed by atoms with Gasteiger partial charge in [0.1, 0.15) is 0 Å². The van der Waals surface area contributed by atoms with Crippen LogP contribution in [-0.2, 0) is 9.59 Å². The van der Waals surface area contributed by atoms with E-state index in [0.717, 1.165) is 0 Å². The third kappa shape index (κ3) is 1.44. The highest BCUT2D eigenvalue weighted by Gasteiger charge is 2.26. The second-order valence-corrected chi connectivity index (χ2v) is 2.70. The molecule has 12 heavy (non-hydrogen) atoms. The predicted octanol–water partition coefficient (Wildman–Crippen LogP) is 0.878. The van der Waals surface area contributed by atoms with Gasteiger partial charge in [-0.2, -0.15) is 0 Å². The molecule has 0 radical (unpaired) electrons. The average Bonchev–Trinajstić information content (AvgIpc) is 2.25. The number of carbonyl (C=O) groups is 2. The fourth-order valence-corrected chi connectivity index (χ4v) is 1.07. The van der Waals surface area contributed by atoms with Crippen molar-refractivity contribution in [2.45, 2.75) is 13.3 Å². The first-order valence-electron chi connectivity index (χ1n) is 3.82. The number of nitrogens with zero attached hydrogens (tertiary/aromatic N) is 1. The van der Waals surface area contributed by atoms with Crippen molar-refractivity contribution in [1.29, 1.82) is 0 Å². The Morgan fingerprint density at radius 1 is 1.58 bits per heavy atom. The van der Waals surface area contributed by atoms with Gasteiger partial charge in [-0.05, 0) is 13.3 Å². The molecule has 0 bridgehead atoms. The molecule has 0 aromatic heterocycles. The van der Waals surface area contributed by atoms with Crippen molar-refractivity contribution >= 4 is 11.8 Å². The maximum Gasteiger partial charge on any atom is 0.256 e. The highest BCUT2D eigenvalue weighted by atomic mass is 16.2. The van der Waals surface area contributed by atoms with Crippen LogP contribution in [0.5, 0.6) is 0 Å². The topological polar surface area (TPSA) is 37.4 Å². The molecule has 0 saturated carbocycles. The van der Waals surface area contributed by atoms with E-state index in [0.29, 0.717) is 18.5 Å². The molecule has 1 heterocycles. The maximum absolute atomic E-state index is 11.2. The molecule has 0 aliphatic carbocycles. The van der Waals surface area contributed by atoms with E-state index in [1.54, 1.807) is 13.0 Å². The van der Waals surface area contributed by atoms with E-state index in [1.807, 2.05) is 0 Å². The van der Waals surface area contributed by atoms with Crippen LogP contribution < -0.4 is 0 Å². The van der Waals surface area contributed by atoms with E-state index < -0.39 is 0 Å². The van der Waals surface area contributed by atoms with Gasteiger partial charge in [0.15, 0.2) is 0 Å². The standard InChI is InChI=1S/C9H11NO2/c1-3-4-5-10-8(11)6-7(2)9(10)12/h3,6H,1,4-5H2,2H3. The summed E-state index contributed by atoms with van der Waals surface area (Å²) in [5, 5.41) is 0. The lowest BCUT2D eigenvalue weighted by Gasteiger charge is -2.12. The molecule has 0 saturated heterocycles. The number of rotatable bonds is 3. The zero-order valence-corrected chi connectivity index (χ0v) is 7.04. The van der Waals surface area contributed by atoms with Crippen molar-refractivity contribution in [3.63, 3.8) is 0 Å². The lowest BCUT2D eigenvalue weighted by Crippen LogP contribution is -2.31. The summed E-state index contributed by atoms with van der Waals surface area (Å²) in [5.41, 5.74) is 0.518. The zero-order valence-electron chi connectivity index (χ0n) is 7.04. The minimum atomic E-state index is -0.209. The maximum atomic E-state index is 11.2.